The van der Waals surface area contributed by atoms with Crippen LogP contribution in [-0.4, -0.2) is 12.2 Å². The summed E-state index contributed by atoms with van der Waals surface area (Å²) in [7, 11) is 0. The highest BCUT2D eigenvalue weighted by molar-refractivity contribution is 5.69. The Morgan fingerprint density at radius 1 is 0.395 bits per heavy atom. The van der Waals surface area contributed by atoms with Crippen LogP contribution < -0.4 is 5.73 Å². The largest absolute Gasteiger partial charge is 0.447 e. The third-order valence-electron chi connectivity index (χ3n) is 9.36. The van der Waals surface area contributed by atoms with Gasteiger partial charge in [0.2, 0.25) is 0 Å². The lowest BCUT2D eigenvalue weighted by molar-refractivity contribution is -0.149. The van der Waals surface area contributed by atoms with Gasteiger partial charge in [0.05, 0.1) is 0 Å². The molecule has 0 aromatic rings. The highest BCUT2D eigenvalue weighted by Gasteiger charge is 2.09. The summed E-state index contributed by atoms with van der Waals surface area (Å²) in [5, 5.41) is 0. The van der Waals surface area contributed by atoms with Crippen molar-refractivity contribution in [2.45, 2.75) is 251 Å². The lowest BCUT2D eigenvalue weighted by Crippen LogP contribution is -2.26. The molecule has 2 N–H and O–H groups in total. The summed E-state index contributed by atoms with van der Waals surface area (Å²) in [6, 6.07) is 0. The van der Waals surface area contributed by atoms with Gasteiger partial charge in [-0.05, 0) is 19.3 Å². The van der Waals surface area contributed by atoms with Crippen molar-refractivity contribution in [2.75, 3.05) is 0 Å². The molecule has 0 aliphatic carbocycles. The minimum Gasteiger partial charge on any atom is -0.447 e. The number of ether oxygens (including phenoxy) is 1. The molecule has 0 saturated carbocycles. The van der Waals surface area contributed by atoms with Gasteiger partial charge in [0.15, 0.2) is 6.23 Å². The molecule has 0 aliphatic heterocycles. The molecule has 0 aliphatic rings. The predicted octanol–water partition coefficient (Wildman–Crippen LogP) is 13.9. The van der Waals surface area contributed by atoms with Crippen molar-refractivity contribution in [2.24, 2.45) is 5.73 Å². The first-order chi connectivity index (χ1) is 21.2. The van der Waals surface area contributed by atoms with Crippen LogP contribution in [0.1, 0.15) is 245 Å². The average molecular weight is 608 g/mol. The predicted molar refractivity (Wildman–Crippen MR) is 192 cm³/mol. The van der Waals surface area contributed by atoms with E-state index in [1.54, 1.807) is 0 Å². The van der Waals surface area contributed by atoms with E-state index in [0.29, 0.717) is 6.42 Å². The molecule has 0 saturated heterocycles. The van der Waals surface area contributed by atoms with Gasteiger partial charge in [-0.1, -0.05) is 219 Å². The van der Waals surface area contributed by atoms with E-state index in [0.717, 1.165) is 25.7 Å². The second kappa shape index (κ2) is 37.6. The normalized spacial score (nSPS) is 12.2. The highest BCUT2D eigenvalue weighted by atomic mass is 16.6. The number of esters is 1. The standard InChI is InChI=1S/C40H81NO2/c1-3-5-7-9-11-13-15-17-19-20-21-22-24-26-28-30-32-34-36-38-40(42)43-39(41)37-35-33-31-29-27-25-23-18-16-14-12-10-8-6-4-2/h39H,3-38,41H2,1-2H3. The Bertz CT molecular complexity index is 523. The molecule has 3 nitrogen and oxygen atoms in total. The van der Waals surface area contributed by atoms with E-state index in [1.807, 2.05) is 0 Å². The number of carbonyl (C=O) groups is 1. The molecule has 0 bridgehead atoms. The molecule has 0 heterocycles. The molecule has 0 radical (unpaired) electrons. The van der Waals surface area contributed by atoms with Crippen LogP contribution in [0.15, 0.2) is 0 Å². The number of carbonyl (C=O) groups excluding carboxylic acids is 1. The second-order valence-electron chi connectivity index (χ2n) is 13.9. The molecule has 0 spiro atoms. The van der Waals surface area contributed by atoms with E-state index >= 15 is 0 Å². The second-order valence-corrected chi connectivity index (χ2v) is 13.9. The molecule has 0 fully saturated rings. The first-order valence-electron chi connectivity index (χ1n) is 20.2. The van der Waals surface area contributed by atoms with Crippen LogP contribution >= 0.6 is 0 Å². The Labute approximate surface area is 272 Å². The Balaban J connectivity index is 3.25. The van der Waals surface area contributed by atoms with Gasteiger partial charge in [0, 0.05) is 6.42 Å². The number of unbranched alkanes of at least 4 members (excludes halogenated alkanes) is 32. The van der Waals surface area contributed by atoms with Gasteiger partial charge in [-0.2, -0.15) is 0 Å². The summed E-state index contributed by atoms with van der Waals surface area (Å²) in [5.74, 6) is -0.0968. The highest BCUT2D eigenvalue weighted by Crippen LogP contribution is 2.16. The van der Waals surface area contributed by atoms with Crippen molar-refractivity contribution in [3.8, 4) is 0 Å². The number of nitrogens with two attached hydrogens (primary N) is 1. The van der Waals surface area contributed by atoms with Crippen molar-refractivity contribution >= 4 is 5.97 Å². The van der Waals surface area contributed by atoms with E-state index in [-0.39, 0.29) is 5.97 Å². The average Bonchev–Trinajstić information content (AvgIpc) is 3.00. The van der Waals surface area contributed by atoms with E-state index < -0.39 is 6.23 Å². The molecule has 1 unspecified atom stereocenters. The molecule has 258 valence electrons. The van der Waals surface area contributed by atoms with Crippen molar-refractivity contribution in [3.05, 3.63) is 0 Å². The molecule has 43 heavy (non-hydrogen) atoms. The molecule has 0 rings (SSSR count). The van der Waals surface area contributed by atoms with Gasteiger partial charge >= 0.3 is 5.97 Å². The number of hydrogen-bond acceptors (Lipinski definition) is 3. The molecule has 1 atom stereocenters. The summed E-state index contributed by atoms with van der Waals surface area (Å²) >= 11 is 0. The third kappa shape index (κ3) is 37.5. The lowest BCUT2D eigenvalue weighted by atomic mass is 10.0. The van der Waals surface area contributed by atoms with Crippen LogP contribution in [0.25, 0.3) is 0 Å². The summed E-state index contributed by atoms with van der Waals surface area (Å²) < 4.78 is 5.45. The van der Waals surface area contributed by atoms with E-state index in [9.17, 15) is 4.79 Å². The van der Waals surface area contributed by atoms with E-state index in [4.69, 9.17) is 10.5 Å². The molecular weight excluding hydrogens is 526 g/mol. The fourth-order valence-electron chi connectivity index (χ4n) is 6.35. The fourth-order valence-corrected chi connectivity index (χ4v) is 6.35. The molecular formula is C40H81NO2. The van der Waals surface area contributed by atoms with Crippen LogP contribution in [-0.2, 0) is 9.53 Å². The van der Waals surface area contributed by atoms with Crippen LogP contribution in [0.5, 0.6) is 0 Å². The minimum absolute atomic E-state index is 0.0968. The Kier molecular flexibility index (Phi) is 37.1. The van der Waals surface area contributed by atoms with Gasteiger partial charge in [-0.15, -0.1) is 0 Å². The van der Waals surface area contributed by atoms with E-state index in [2.05, 4.69) is 13.8 Å². The minimum atomic E-state index is -0.408. The molecule has 3 heteroatoms. The first kappa shape index (κ1) is 42.4. The maximum atomic E-state index is 12.1. The maximum absolute atomic E-state index is 12.1. The van der Waals surface area contributed by atoms with Crippen LogP contribution in [0.3, 0.4) is 0 Å². The van der Waals surface area contributed by atoms with Gasteiger partial charge in [-0.25, -0.2) is 0 Å². The molecule has 0 aromatic carbocycles. The topological polar surface area (TPSA) is 52.3 Å². The van der Waals surface area contributed by atoms with Gasteiger partial charge in [-0.3, -0.25) is 10.5 Å². The molecule has 0 aromatic heterocycles. The Morgan fingerprint density at radius 2 is 0.628 bits per heavy atom. The monoisotopic (exact) mass is 608 g/mol. The lowest BCUT2D eigenvalue weighted by Gasteiger charge is -2.13. The third-order valence-corrected chi connectivity index (χ3v) is 9.36. The fraction of sp³-hybridized carbons (Fsp3) is 0.975. The summed E-state index contributed by atoms with van der Waals surface area (Å²) in [5.41, 5.74) is 6.06. The zero-order valence-corrected chi connectivity index (χ0v) is 29.9. The summed E-state index contributed by atoms with van der Waals surface area (Å²) in [6.07, 6.45) is 47.4. The summed E-state index contributed by atoms with van der Waals surface area (Å²) in [6.45, 7) is 4.58. The SMILES string of the molecule is CCCCCCCCCCCCCCCCCCCCCC(=O)OC(N)CCCCCCCCCCCCCCCCC. The van der Waals surface area contributed by atoms with E-state index in [1.165, 1.54) is 199 Å². The molecule has 0 amide bonds. The van der Waals surface area contributed by atoms with Gasteiger partial charge < -0.3 is 4.74 Å². The van der Waals surface area contributed by atoms with Gasteiger partial charge in [0.1, 0.15) is 0 Å². The van der Waals surface area contributed by atoms with Crippen molar-refractivity contribution in [1.29, 1.82) is 0 Å². The maximum Gasteiger partial charge on any atom is 0.307 e. The summed E-state index contributed by atoms with van der Waals surface area (Å²) in [4.78, 5) is 12.1. The smallest absolute Gasteiger partial charge is 0.307 e. The van der Waals surface area contributed by atoms with Crippen molar-refractivity contribution in [1.82, 2.24) is 0 Å². The number of rotatable bonds is 37. The van der Waals surface area contributed by atoms with Crippen molar-refractivity contribution in [3.63, 3.8) is 0 Å². The van der Waals surface area contributed by atoms with Crippen LogP contribution in [0, 0.1) is 0 Å². The number of hydrogen-bond donors (Lipinski definition) is 1. The Hall–Kier alpha value is -0.570. The van der Waals surface area contributed by atoms with Gasteiger partial charge in [0.25, 0.3) is 0 Å². The quantitative estimate of drug-likeness (QED) is 0.0434. The first-order valence-corrected chi connectivity index (χ1v) is 20.2. The zero-order chi connectivity index (χ0) is 31.3. The zero-order valence-electron chi connectivity index (χ0n) is 29.9. The van der Waals surface area contributed by atoms with Crippen LogP contribution in [0.4, 0.5) is 0 Å². The van der Waals surface area contributed by atoms with Crippen LogP contribution in [0.2, 0.25) is 0 Å². The Morgan fingerprint density at radius 3 is 0.907 bits per heavy atom. The van der Waals surface area contributed by atoms with Crippen molar-refractivity contribution < 1.29 is 9.53 Å².